The first kappa shape index (κ1) is 16.5. The maximum Gasteiger partial charge on any atom is 0.225 e. The van der Waals surface area contributed by atoms with E-state index in [0.29, 0.717) is 5.69 Å². The summed E-state index contributed by atoms with van der Waals surface area (Å²) in [4.78, 5) is 11.9. The van der Waals surface area contributed by atoms with Crippen molar-refractivity contribution in [3.8, 4) is 0 Å². The number of anilines is 1. The molecule has 0 fully saturated rings. The van der Waals surface area contributed by atoms with Crippen molar-refractivity contribution in [3.05, 3.63) is 59.4 Å². The monoisotopic (exact) mass is 341 g/mol. The van der Waals surface area contributed by atoms with E-state index >= 15 is 0 Å². The van der Waals surface area contributed by atoms with Crippen molar-refractivity contribution < 1.29 is 17.6 Å². The molecule has 0 radical (unpaired) electrons. The summed E-state index contributed by atoms with van der Waals surface area (Å²) in [6.45, 7) is 0. The minimum absolute atomic E-state index is 0.116. The first-order chi connectivity index (χ1) is 10.4. The van der Waals surface area contributed by atoms with Gasteiger partial charge in [0, 0.05) is 12.1 Å². The van der Waals surface area contributed by atoms with Gasteiger partial charge in [-0.25, -0.2) is 12.8 Å². The van der Waals surface area contributed by atoms with Crippen LogP contribution in [0.3, 0.4) is 0 Å². The number of nitrogens with one attached hydrogen (secondary N) is 1. The number of hydrogen-bond donors (Lipinski definition) is 1. The predicted octanol–water partition coefficient (Wildman–Crippen LogP) is 3.28. The molecule has 2 aromatic carbocycles. The molecule has 1 N–H and O–H groups in total. The maximum atomic E-state index is 13.0. The fourth-order valence-electron chi connectivity index (χ4n) is 1.77. The number of benzene rings is 2. The number of amides is 1. The summed E-state index contributed by atoms with van der Waals surface area (Å²) < 4.78 is 37.1. The summed E-state index contributed by atoms with van der Waals surface area (Å²) in [5.41, 5.74) is 0.313. The normalized spacial score (nSPS) is 11.2. The van der Waals surface area contributed by atoms with Crippen LogP contribution < -0.4 is 5.32 Å². The van der Waals surface area contributed by atoms with E-state index in [1.165, 1.54) is 24.3 Å². The van der Waals surface area contributed by atoms with Crippen LogP contribution in [0.5, 0.6) is 0 Å². The zero-order valence-electron chi connectivity index (χ0n) is 11.4. The van der Waals surface area contributed by atoms with Crippen molar-refractivity contribution in [2.24, 2.45) is 0 Å². The van der Waals surface area contributed by atoms with Gasteiger partial charge in [-0.15, -0.1) is 0 Å². The van der Waals surface area contributed by atoms with Gasteiger partial charge in [-0.05, 0) is 30.3 Å². The Morgan fingerprint density at radius 1 is 1.14 bits per heavy atom. The van der Waals surface area contributed by atoms with Crippen LogP contribution in [0.15, 0.2) is 53.4 Å². The fourth-order valence-corrected chi connectivity index (χ4v) is 3.21. The molecule has 116 valence electrons. The number of rotatable bonds is 5. The Bertz CT molecular complexity index is 779. The number of carbonyl (C=O) groups is 1. The molecule has 0 saturated carbocycles. The third kappa shape index (κ3) is 4.29. The highest BCUT2D eigenvalue weighted by atomic mass is 35.5. The van der Waals surface area contributed by atoms with Gasteiger partial charge in [0.05, 0.1) is 15.7 Å². The van der Waals surface area contributed by atoms with E-state index in [1.807, 2.05) is 0 Å². The van der Waals surface area contributed by atoms with Crippen LogP contribution in [0.4, 0.5) is 10.1 Å². The molecule has 2 rings (SSSR count). The Labute approximate surface area is 132 Å². The van der Waals surface area contributed by atoms with Crippen LogP contribution in [0.1, 0.15) is 6.42 Å². The summed E-state index contributed by atoms with van der Waals surface area (Å²) in [6, 6.07) is 11.6. The van der Waals surface area contributed by atoms with Gasteiger partial charge in [0.1, 0.15) is 5.82 Å². The first-order valence-electron chi connectivity index (χ1n) is 6.41. The van der Waals surface area contributed by atoms with Gasteiger partial charge in [-0.3, -0.25) is 4.79 Å². The lowest BCUT2D eigenvalue weighted by atomic mass is 10.3. The number of sulfone groups is 1. The third-order valence-electron chi connectivity index (χ3n) is 2.90. The molecule has 1 amide bonds. The van der Waals surface area contributed by atoms with Crippen molar-refractivity contribution in [1.82, 2.24) is 0 Å². The summed E-state index contributed by atoms with van der Waals surface area (Å²) in [7, 11) is -3.51. The average molecular weight is 342 g/mol. The first-order valence-corrected chi connectivity index (χ1v) is 8.44. The molecule has 22 heavy (non-hydrogen) atoms. The fraction of sp³-hybridized carbons (Fsp3) is 0.133. The minimum Gasteiger partial charge on any atom is -0.326 e. The standard InChI is InChI=1S/C15H13ClFNO3S/c16-13-10-11(6-7-14(13)17)18-15(19)8-9-22(20,21)12-4-2-1-3-5-12/h1-7,10H,8-9H2,(H,18,19). The number of halogens is 2. The van der Waals surface area contributed by atoms with Crippen molar-refractivity contribution in [3.63, 3.8) is 0 Å². The molecular weight excluding hydrogens is 329 g/mol. The molecule has 0 spiro atoms. The van der Waals surface area contributed by atoms with Crippen molar-refractivity contribution in [2.45, 2.75) is 11.3 Å². The van der Waals surface area contributed by atoms with E-state index in [2.05, 4.69) is 5.32 Å². The second-order valence-corrected chi connectivity index (χ2v) is 7.08. The predicted molar refractivity (Wildman–Crippen MR) is 83.2 cm³/mol. The molecule has 0 aliphatic heterocycles. The van der Waals surface area contributed by atoms with Gasteiger partial charge in [0.25, 0.3) is 0 Å². The molecule has 0 atom stereocenters. The highest BCUT2D eigenvalue weighted by molar-refractivity contribution is 7.91. The molecule has 0 aliphatic carbocycles. The Morgan fingerprint density at radius 2 is 1.82 bits per heavy atom. The average Bonchev–Trinajstić information content (AvgIpc) is 2.50. The van der Waals surface area contributed by atoms with Crippen molar-refractivity contribution in [2.75, 3.05) is 11.1 Å². The lowest BCUT2D eigenvalue weighted by Gasteiger charge is -2.07. The Morgan fingerprint density at radius 3 is 2.45 bits per heavy atom. The molecule has 0 aromatic heterocycles. The molecule has 7 heteroatoms. The van der Waals surface area contributed by atoms with Gasteiger partial charge < -0.3 is 5.32 Å². The second kappa shape index (κ2) is 6.89. The molecule has 0 saturated heterocycles. The summed E-state index contributed by atoms with van der Waals surface area (Å²) in [5, 5.41) is 2.36. The van der Waals surface area contributed by atoms with E-state index in [4.69, 9.17) is 11.6 Å². The molecule has 0 aliphatic rings. The van der Waals surface area contributed by atoms with Gasteiger partial charge in [-0.2, -0.15) is 0 Å². The van der Waals surface area contributed by atoms with Gasteiger partial charge >= 0.3 is 0 Å². The van der Waals surface area contributed by atoms with Crippen LogP contribution >= 0.6 is 11.6 Å². The van der Waals surface area contributed by atoms with Gasteiger partial charge in [0.2, 0.25) is 5.91 Å². The highest BCUT2D eigenvalue weighted by Gasteiger charge is 2.16. The molecule has 4 nitrogen and oxygen atoms in total. The van der Waals surface area contributed by atoms with Crippen molar-refractivity contribution >= 4 is 33.0 Å². The van der Waals surface area contributed by atoms with E-state index in [9.17, 15) is 17.6 Å². The van der Waals surface area contributed by atoms with Crippen molar-refractivity contribution in [1.29, 1.82) is 0 Å². The Balaban J connectivity index is 1.97. The van der Waals surface area contributed by atoms with Crippen LogP contribution in [-0.4, -0.2) is 20.1 Å². The van der Waals surface area contributed by atoms with Crippen LogP contribution in [0, 0.1) is 5.82 Å². The largest absolute Gasteiger partial charge is 0.326 e. The van der Waals surface area contributed by atoms with E-state index in [1.54, 1.807) is 18.2 Å². The summed E-state index contributed by atoms with van der Waals surface area (Å²) in [5.74, 6) is -1.38. The number of hydrogen-bond acceptors (Lipinski definition) is 3. The van der Waals surface area contributed by atoms with Crippen LogP contribution in [0.2, 0.25) is 5.02 Å². The number of carbonyl (C=O) groups excluding carboxylic acids is 1. The minimum atomic E-state index is -3.51. The lowest BCUT2D eigenvalue weighted by molar-refractivity contribution is -0.115. The molecule has 0 unspecified atom stereocenters. The zero-order chi connectivity index (χ0) is 16.2. The Hall–Kier alpha value is -1.92. The summed E-state index contributed by atoms with van der Waals surface area (Å²) in [6.07, 6.45) is -0.202. The third-order valence-corrected chi connectivity index (χ3v) is 4.93. The lowest BCUT2D eigenvalue weighted by Crippen LogP contribution is -2.17. The second-order valence-electron chi connectivity index (χ2n) is 4.56. The molecule has 0 heterocycles. The summed E-state index contributed by atoms with van der Waals surface area (Å²) >= 11 is 5.60. The smallest absolute Gasteiger partial charge is 0.225 e. The van der Waals surface area contributed by atoms with Gasteiger partial charge in [0.15, 0.2) is 9.84 Å². The van der Waals surface area contributed by atoms with Crippen LogP contribution in [-0.2, 0) is 14.6 Å². The molecule has 2 aromatic rings. The molecule has 0 bridgehead atoms. The maximum absolute atomic E-state index is 13.0. The SMILES string of the molecule is O=C(CCS(=O)(=O)c1ccccc1)Nc1ccc(F)c(Cl)c1. The van der Waals surface area contributed by atoms with E-state index < -0.39 is 21.6 Å². The van der Waals surface area contributed by atoms with Crippen LogP contribution in [0.25, 0.3) is 0 Å². The van der Waals surface area contributed by atoms with E-state index in [0.717, 1.165) is 6.07 Å². The highest BCUT2D eigenvalue weighted by Crippen LogP contribution is 2.19. The Kier molecular flexibility index (Phi) is 5.15. The molecular formula is C15H13ClFNO3S. The quantitative estimate of drug-likeness (QED) is 0.907. The van der Waals surface area contributed by atoms with E-state index in [-0.39, 0.29) is 22.1 Å². The van der Waals surface area contributed by atoms with Gasteiger partial charge in [-0.1, -0.05) is 29.8 Å². The zero-order valence-corrected chi connectivity index (χ0v) is 13.0. The topological polar surface area (TPSA) is 63.2 Å².